The fourth-order valence-corrected chi connectivity index (χ4v) is 8.26. The third-order valence-electron chi connectivity index (χ3n) is 5.06. The van der Waals surface area contributed by atoms with E-state index in [1.165, 1.54) is 17.3 Å². The number of carbonyl (C=O) groups excluding carboxylic acids is 1. The van der Waals surface area contributed by atoms with E-state index in [-0.39, 0.29) is 5.04 Å². The van der Waals surface area contributed by atoms with Crippen molar-refractivity contribution >= 4 is 24.6 Å². The van der Waals surface area contributed by atoms with Crippen molar-refractivity contribution in [2.45, 2.75) is 51.4 Å². The summed E-state index contributed by atoms with van der Waals surface area (Å²) in [5.41, 5.74) is 0. The summed E-state index contributed by atoms with van der Waals surface area (Å²) >= 11 is 0. The van der Waals surface area contributed by atoms with Gasteiger partial charge in [0.1, 0.15) is 0 Å². The molecule has 3 nitrogen and oxygen atoms in total. The van der Waals surface area contributed by atoms with Crippen molar-refractivity contribution in [3.63, 3.8) is 0 Å². The monoisotopic (exact) mass is 449 g/mol. The smallest absolute Gasteiger partial charge is 0.407 e. The van der Waals surface area contributed by atoms with E-state index < -0.39 is 26.4 Å². The maximum absolute atomic E-state index is 12.4. The van der Waals surface area contributed by atoms with Crippen LogP contribution in [0.4, 0.5) is 13.2 Å². The summed E-state index contributed by atoms with van der Waals surface area (Å²) in [6, 6.07) is 19.7. The molecule has 0 unspecified atom stereocenters. The molecule has 0 heterocycles. The van der Waals surface area contributed by atoms with Crippen LogP contribution in [0.25, 0.3) is 0 Å². The van der Waals surface area contributed by atoms with E-state index >= 15 is 0 Å². The van der Waals surface area contributed by atoms with E-state index in [9.17, 15) is 18.0 Å². The zero-order chi connectivity index (χ0) is 23.1. The number of rotatable bonds is 8. The van der Waals surface area contributed by atoms with Crippen LogP contribution in [-0.4, -0.2) is 33.0 Å². The van der Waals surface area contributed by atoms with Gasteiger partial charge in [0.2, 0.25) is 0 Å². The summed E-state index contributed by atoms with van der Waals surface area (Å²) in [6.45, 7) is 8.48. The van der Waals surface area contributed by atoms with Crippen molar-refractivity contribution in [1.82, 2.24) is 5.32 Å². The number of hydrogen-bond donors (Lipinski definition) is 1. The fraction of sp³-hybridized carbons (Fsp3) is 0.375. The van der Waals surface area contributed by atoms with Crippen LogP contribution >= 0.6 is 0 Å². The molecule has 168 valence electrons. The summed E-state index contributed by atoms with van der Waals surface area (Å²) in [5, 5.41) is 4.11. The molecule has 7 heteroatoms. The largest absolute Gasteiger partial charge is 0.471 e. The van der Waals surface area contributed by atoms with Crippen molar-refractivity contribution in [3.05, 3.63) is 72.8 Å². The van der Waals surface area contributed by atoms with Crippen LogP contribution < -0.4 is 15.7 Å². The van der Waals surface area contributed by atoms with Crippen molar-refractivity contribution < 1.29 is 22.4 Å². The molecule has 0 aliphatic carbocycles. The molecule has 0 bridgehead atoms. The standard InChI is InChI=1S/C24H30F3NO2Si/c1-19(28-22(29)24(25,26)27)13-11-12-18-30-31(23(2,3)4,20-14-7-5-8-15-20)21-16-9-6-10-17-21/h5-11,13-17,19H,12,18H2,1-4H3,(H,28,29)/b13-11+/t19-/m0/s1. The molecule has 0 spiro atoms. The average Bonchev–Trinajstić information content (AvgIpc) is 2.70. The Bertz CT molecular complexity index is 822. The predicted molar refractivity (Wildman–Crippen MR) is 121 cm³/mol. The Kier molecular flexibility index (Phi) is 8.25. The molecule has 2 rings (SSSR count). The number of amides is 1. The third-order valence-corrected chi connectivity index (χ3v) is 10.1. The second-order valence-electron chi connectivity index (χ2n) is 8.49. The number of carbonyl (C=O) groups is 1. The lowest BCUT2D eigenvalue weighted by atomic mass is 10.2. The lowest BCUT2D eigenvalue weighted by molar-refractivity contribution is -0.173. The van der Waals surface area contributed by atoms with E-state index in [0.29, 0.717) is 13.0 Å². The summed E-state index contributed by atoms with van der Waals surface area (Å²) in [6.07, 6.45) is -1.05. The SMILES string of the molecule is C[C@@H](/C=C/CCO[Si](c1ccccc1)(c1ccccc1)C(C)(C)C)NC(=O)C(F)(F)F. The minimum absolute atomic E-state index is 0.145. The van der Waals surface area contributed by atoms with Gasteiger partial charge in [0.05, 0.1) is 0 Å². The molecule has 0 aliphatic rings. The number of alkyl halides is 3. The molecule has 0 saturated carbocycles. The van der Waals surface area contributed by atoms with Gasteiger partial charge in [-0.05, 0) is 28.8 Å². The van der Waals surface area contributed by atoms with Crippen molar-refractivity contribution in [2.75, 3.05) is 6.61 Å². The number of benzene rings is 2. The quantitative estimate of drug-likeness (QED) is 0.364. The Morgan fingerprint density at radius 2 is 1.48 bits per heavy atom. The Morgan fingerprint density at radius 3 is 1.90 bits per heavy atom. The van der Waals surface area contributed by atoms with Gasteiger partial charge in [-0.2, -0.15) is 13.2 Å². The first kappa shape index (κ1) is 24.9. The molecule has 31 heavy (non-hydrogen) atoms. The van der Waals surface area contributed by atoms with Crippen molar-refractivity contribution in [3.8, 4) is 0 Å². The highest BCUT2D eigenvalue weighted by atomic mass is 28.4. The van der Waals surface area contributed by atoms with E-state index in [2.05, 4.69) is 45.0 Å². The van der Waals surface area contributed by atoms with Crippen molar-refractivity contribution in [2.24, 2.45) is 0 Å². The molecule has 2 aromatic rings. The van der Waals surface area contributed by atoms with Crippen LogP contribution in [0.15, 0.2) is 72.8 Å². The molecule has 0 aliphatic heterocycles. The van der Waals surface area contributed by atoms with E-state index in [0.717, 1.165) is 0 Å². The van der Waals surface area contributed by atoms with Crippen molar-refractivity contribution in [1.29, 1.82) is 0 Å². The van der Waals surface area contributed by atoms with Gasteiger partial charge in [0.15, 0.2) is 0 Å². The molecular formula is C24H30F3NO2Si. The van der Waals surface area contributed by atoms with Gasteiger partial charge in [0, 0.05) is 12.6 Å². The molecule has 0 aromatic heterocycles. The summed E-state index contributed by atoms with van der Waals surface area (Å²) < 4.78 is 43.8. The first-order valence-corrected chi connectivity index (χ1v) is 12.2. The van der Waals surface area contributed by atoms with Crippen LogP contribution in [0, 0.1) is 0 Å². The van der Waals surface area contributed by atoms with E-state index in [1.54, 1.807) is 12.2 Å². The van der Waals surface area contributed by atoms with Crippen LogP contribution in [0.3, 0.4) is 0 Å². The second-order valence-corrected chi connectivity index (χ2v) is 12.8. The Balaban J connectivity index is 2.18. The average molecular weight is 450 g/mol. The zero-order valence-corrected chi connectivity index (χ0v) is 19.4. The topological polar surface area (TPSA) is 38.3 Å². The van der Waals surface area contributed by atoms with Gasteiger partial charge in [-0.25, -0.2) is 0 Å². The van der Waals surface area contributed by atoms with Crippen LogP contribution in [0.2, 0.25) is 5.04 Å². The number of hydrogen-bond acceptors (Lipinski definition) is 2. The summed E-state index contributed by atoms with van der Waals surface area (Å²) in [7, 11) is -2.63. The summed E-state index contributed by atoms with van der Waals surface area (Å²) in [4.78, 5) is 11.0. The van der Waals surface area contributed by atoms with E-state index in [4.69, 9.17) is 4.43 Å². The maximum atomic E-state index is 12.4. The molecule has 1 amide bonds. The van der Waals surface area contributed by atoms with Gasteiger partial charge in [-0.3, -0.25) is 4.79 Å². The first-order chi connectivity index (χ1) is 14.5. The second kappa shape index (κ2) is 10.3. The molecule has 1 N–H and O–H groups in total. The predicted octanol–water partition coefficient (Wildman–Crippen LogP) is 4.58. The normalized spacial score (nSPS) is 13.9. The molecule has 2 aromatic carbocycles. The van der Waals surface area contributed by atoms with Gasteiger partial charge < -0.3 is 9.74 Å². The Labute approximate surface area is 183 Å². The number of halogens is 3. The number of nitrogens with one attached hydrogen (secondary N) is 1. The molecule has 1 atom stereocenters. The van der Waals surface area contributed by atoms with Crippen LogP contribution in [-0.2, 0) is 9.22 Å². The highest BCUT2D eigenvalue weighted by Gasteiger charge is 2.49. The summed E-state index contributed by atoms with van der Waals surface area (Å²) in [5.74, 6) is -1.94. The van der Waals surface area contributed by atoms with Gasteiger partial charge in [-0.15, -0.1) is 0 Å². The fourth-order valence-electron chi connectivity index (χ4n) is 3.68. The highest BCUT2D eigenvalue weighted by Crippen LogP contribution is 2.36. The van der Waals surface area contributed by atoms with Gasteiger partial charge in [0.25, 0.3) is 8.32 Å². The minimum atomic E-state index is -4.88. The molecule has 0 fully saturated rings. The minimum Gasteiger partial charge on any atom is -0.407 e. The molecule has 0 radical (unpaired) electrons. The van der Waals surface area contributed by atoms with Crippen LogP contribution in [0.1, 0.15) is 34.1 Å². The van der Waals surface area contributed by atoms with Gasteiger partial charge >= 0.3 is 12.1 Å². The van der Waals surface area contributed by atoms with E-state index in [1.807, 2.05) is 41.7 Å². The zero-order valence-electron chi connectivity index (χ0n) is 18.4. The first-order valence-electron chi connectivity index (χ1n) is 10.3. The molecule has 0 saturated heterocycles. The Hall–Kier alpha value is -2.38. The van der Waals surface area contributed by atoms with Gasteiger partial charge in [-0.1, -0.05) is 93.6 Å². The molecular weight excluding hydrogens is 419 g/mol. The van der Waals surface area contributed by atoms with Crippen LogP contribution in [0.5, 0.6) is 0 Å². The Morgan fingerprint density at radius 1 is 1.00 bits per heavy atom. The lowest BCUT2D eigenvalue weighted by Gasteiger charge is -2.43. The third kappa shape index (κ3) is 6.30. The maximum Gasteiger partial charge on any atom is 0.471 e. The lowest BCUT2D eigenvalue weighted by Crippen LogP contribution is -2.66. The highest BCUT2D eigenvalue weighted by molar-refractivity contribution is 6.99.